The van der Waals surface area contributed by atoms with Crippen molar-refractivity contribution < 1.29 is 4.79 Å². The van der Waals surface area contributed by atoms with Gasteiger partial charge in [0.1, 0.15) is 0 Å². The molecule has 0 aliphatic heterocycles. The first-order valence-corrected chi connectivity index (χ1v) is 6.94. The van der Waals surface area contributed by atoms with E-state index in [2.05, 4.69) is 12.2 Å². The number of carbonyl (C=O) groups is 1. The van der Waals surface area contributed by atoms with E-state index in [9.17, 15) is 4.79 Å². The molecule has 0 saturated heterocycles. The van der Waals surface area contributed by atoms with Gasteiger partial charge in [-0.3, -0.25) is 9.69 Å². The van der Waals surface area contributed by atoms with Gasteiger partial charge in [-0.05, 0) is 38.2 Å². The molecule has 19 heavy (non-hydrogen) atoms. The molecule has 1 rings (SSSR count). The number of hydrogen-bond donors (Lipinski definition) is 2. The van der Waals surface area contributed by atoms with E-state index in [1.54, 1.807) is 18.2 Å². The van der Waals surface area contributed by atoms with Crippen LogP contribution in [0.2, 0.25) is 5.02 Å². The number of benzene rings is 1. The molecule has 5 heteroatoms. The fourth-order valence-corrected chi connectivity index (χ4v) is 1.97. The highest BCUT2D eigenvalue weighted by molar-refractivity contribution is 6.31. The van der Waals surface area contributed by atoms with Crippen LogP contribution in [0.5, 0.6) is 0 Å². The minimum absolute atomic E-state index is 0.0620. The van der Waals surface area contributed by atoms with Crippen LogP contribution in [-0.4, -0.2) is 30.9 Å². The number of carbonyl (C=O) groups excluding carboxylic acids is 1. The summed E-state index contributed by atoms with van der Waals surface area (Å²) in [7, 11) is 1.94. The van der Waals surface area contributed by atoms with E-state index in [1.807, 2.05) is 11.9 Å². The Morgan fingerprint density at radius 2 is 2.16 bits per heavy atom. The summed E-state index contributed by atoms with van der Waals surface area (Å²) in [5.41, 5.74) is 6.87. The highest BCUT2D eigenvalue weighted by Gasteiger charge is 2.08. The molecule has 0 aromatic heterocycles. The van der Waals surface area contributed by atoms with E-state index in [0.717, 1.165) is 13.0 Å². The quantitative estimate of drug-likeness (QED) is 0.597. The Bertz CT molecular complexity index is 423. The molecule has 0 atom stereocenters. The van der Waals surface area contributed by atoms with E-state index in [1.165, 1.54) is 12.8 Å². The molecule has 1 aromatic carbocycles. The molecule has 0 spiro atoms. The summed E-state index contributed by atoms with van der Waals surface area (Å²) in [6.45, 7) is 3.46. The van der Waals surface area contributed by atoms with Crippen molar-refractivity contribution in [2.45, 2.75) is 26.2 Å². The molecular formula is C14H22ClN3O. The van der Waals surface area contributed by atoms with Gasteiger partial charge in [-0.1, -0.05) is 31.4 Å². The van der Waals surface area contributed by atoms with Crippen LogP contribution in [0.3, 0.4) is 0 Å². The standard InChI is InChI=1S/C14H22ClN3O/c1-3-4-5-8-18(2)10-14(19)17-13-7-6-11(15)9-12(13)16/h6-7,9H,3-5,8,10,16H2,1-2H3,(H,17,19). The molecule has 0 saturated carbocycles. The van der Waals surface area contributed by atoms with Gasteiger partial charge in [0.2, 0.25) is 5.91 Å². The Balaban J connectivity index is 2.42. The van der Waals surface area contributed by atoms with Gasteiger partial charge in [-0.2, -0.15) is 0 Å². The normalized spacial score (nSPS) is 10.7. The Hall–Kier alpha value is -1.26. The summed E-state index contributed by atoms with van der Waals surface area (Å²) in [5.74, 6) is -0.0620. The predicted molar refractivity (Wildman–Crippen MR) is 81.5 cm³/mol. The van der Waals surface area contributed by atoms with Gasteiger partial charge in [0.05, 0.1) is 17.9 Å². The lowest BCUT2D eigenvalue weighted by Crippen LogP contribution is -2.31. The second-order valence-corrected chi connectivity index (χ2v) is 5.16. The largest absolute Gasteiger partial charge is 0.397 e. The van der Waals surface area contributed by atoms with Gasteiger partial charge in [-0.25, -0.2) is 0 Å². The van der Waals surface area contributed by atoms with Crippen molar-refractivity contribution >= 4 is 28.9 Å². The Morgan fingerprint density at radius 3 is 2.79 bits per heavy atom. The Morgan fingerprint density at radius 1 is 1.42 bits per heavy atom. The van der Waals surface area contributed by atoms with Crippen LogP contribution >= 0.6 is 11.6 Å². The number of anilines is 2. The predicted octanol–water partition coefficient (Wildman–Crippen LogP) is 2.98. The fraction of sp³-hybridized carbons (Fsp3) is 0.500. The third-order valence-electron chi connectivity index (χ3n) is 2.84. The van der Waals surface area contributed by atoms with Gasteiger partial charge < -0.3 is 11.1 Å². The molecule has 1 aromatic rings. The maximum absolute atomic E-state index is 11.9. The van der Waals surface area contributed by atoms with E-state index in [-0.39, 0.29) is 5.91 Å². The molecule has 0 aliphatic carbocycles. The number of nitrogens with zero attached hydrogens (tertiary/aromatic N) is 1. The summed E-state index contributed by atoms with van der Waals surface area (Å²) < 4.78 is 0. The third kappa shape index (κ3) is 5.94. The van der Waals surface area contributed by atoms with Crippen LogP contribution in [0.25, 0.3) is 0 Å². The van der Waals surface area contributed by atoms with Gasteiger partial charge in [0, 0.05) is 5.02 Å². The highest BCUT2D eigenvalue weighted by Crippen LogP contribution is 2.22. The molecule has 0 unspecified atom stereocenters. The maximum atomic E-state index is 11.9. The number of nitrogen functional groups attached to an aromatic ring is 1. The average Bonchev–Trinajstić information content (AvgIpc) is 2.33. The zero-order chi connectivity index (χ0) is 14.3. The molecule has 0 aliphatic rings. The minimum Gasteiger partial charge on any atom is -0.397 e. The van der Waals surface area contributed by atoms with Crippen LogP contribution in [0.1, 0.15) is 26.2 Å². The van der Waals surface area contributed by atoms with Crippen molar-refractivity contribution in [3.63, 3.8) is 0 Å². The van der Waals surface area contributed by atoms with E-state index >= 15 is 0 Å². The van der Waals surface area contributed by atoms with Crippen molar-refractivity contribution in [3.8, 4) is 0 Å². The lowest BCUT2D eigenvalue weighted by Gasteiger charge is -2.16. The van der Waals surface area contributed by atoms with Crippen molar-refractivity contribution in [2.75, 3.05) is 31.2 Å². The first-order valence-electron chi connectivity index (χ1n) is 6.56. The van der Waals surface area contributed by atoms with Crippen LogP contribution in [-0.2, 0) is 4.79 Å². The molecule has 106 valence electrons. The third-order valence-corrected chi connectivity index (χ3v) is 3.08. The number of amides is 1. The average molecular weight is 284 g/mol. The zero-order valence-corrected chi connectivity index (χ0v) is 12.3. The molecule has 0 heterocycles. The number of hydrogen-bond acceptors (Lipinski definition) is 3. The van der Waals surface area contributed by atoms with Crippen molar-refractivity contribution in [1.29, 1.82) is 0 Å². The van der Waals surface area contributed by atoms with Crippen LogP contribution in [0.15, 0.2) is 18.2 Å². The number of nitrogens with two attached hydrogens (primary N) is 1. The zero-order valence-electron chi connectivity index (χ0n) is 11.6. The molecule has 3 N–H and O–H groups in total. The molecule has 0 bridgehead atoms. The van der Waals surface area contributed by atoms with Gasteiger partial charge >= 0.3 is 0 Å². The van der Waals surface area contributed by atoms with Gasteiger partial charge in [-0.15, -0.1) is 0 Å². The summed E-state index contributed by atoms with van der Waals surface area (Å²) in [6, 6.07) is 5.05. The fourth-order valence-electron chi connectivity index (χ4n) is 1.79. The SMILES string of the molecule is CCCCCN(C)CC(=O)Nc1ccc(Cl)cc1N. The summed E-state index contributed by atoms with van der Waals surface area (Å²) in [4.78, 5) is 13.9. The molecule has 1 amide bonds. The Labute approximate surface area is 119 Å². The Kier molecular flexibility index (Phi) is 6.67. The summed E-state index contributed by atoms with van der Waals surface area (Å²) in [5, 5.41) is 3.36. The van der Waals surface area contributed by atoms with Crippen molar-refractivity contribution in [2.24, 2.45) is 0 Å². The minimum atomic E-state index is -0.0620. The number of rotatable bonds is 7. The van der Waals surface area contributed by atoms with Gasteiger partial charge in [0.25, 0.3) is 0 Å². The first kappa shape index (κ1) is 15.8. The number of unbranched alkanes of at least 4 members (excludes halogenated alkanes) is 2. The topological polar surface area (TPSA) is 58.4 Å². The van der Waals surface area contributed by atoms with E-state index in [4.69, 9.17) is 17.3 Å². The highest BCUT2D eigenvalue weighted by atomic mass is 35.5. The number of halogens is 1. The van der Waals surface area contributed by atoms with E-state index < -0.39 is 0 Å². The lowest BCUT2D eigenvalue weighted by atomic mass is 10.2. The van der Waals surface area contributed by atoms with E-state index in [0.29, 0.717) is 22.9 Å². The van der Waals surface area contributed by atoms with Crippen LogP contribution in [0, 0.1) is 0 Å². The number of likely N-dealkylation sites (N-methyl/N-ethyl adjacent to an activating group) is 1. The number of nitrogens with one attached hydrogen (secondary N) is 1. The molecular weight excluding hydrogens is 262 g/mol. The maximum Gasteiger partial charge on any atom is 0.238 e. The first-order chi connectivity index (χ1) is 9.02. The van der Waals surface area contributed by atoms with Crippen LogP contribution < -0.4 is 11.1 Å². The lowest BCUT2D eigenvalue weighted by molar-refractivity contribution is -0.117. The molecule has 0 radical (unpaired) electrons. The molecule has 4 nitrogen and oxygen atoms in total. The summed E-state index contributed by atoms with van der Waals surface area (Å²) >= 11 is 5.81. The van der Waals surface area contributed by atoms with Crippen LogP contribution in [0.4, 0.5) is 11.4 Å². The second-order valence-electron chi connectivity index (χ2n) is 4.72. The second kappa shape index (κ2) is 8.02. The monoisotopic (exact) mass is 283 g/mol. The molecule has 0 fully saturated rings. The van der Waals surface area contributed by atoms with Crippen molar-refractivity contribution in [1.82, 2.24) is 4.90 Å². The summed E-state index contributed by atoms with van der Waals surface area (Å²) in [6.07, 6.45) is 3.49. The van der Waals surface area contributed by atoms with Gasteiger partial charge in [0.15, 0.2) is 0 Å². The van der Waals surface area contributed by atoms with Crippen molar-refractivity contribution in [3.05, 3.63) is 23.2 Å². The smallest absolute Gasteiger partial charge is 0.238 e.